The number of aromatic hydroxyl groups is 1. The number of nitrogens with zero attached hydrogens (tertiary/aromatic N) is 1. The number of ether oxygens (including phenoxy) is 1. The molecule has 0 radical (unpaired) electrons. The molecule has 0 aromatic heterocycles. The van der Waals surface area contributed by atoms with Crippen LogP contribution in [-0.4, -0.2) is 42.7 Å². The Balaban J connectivity index is 2.10. The third-order valence-electron chi connectivity index (χ3n) is 3.39. The zero-order valence-electron chi connectivity index (χ0n) is 10.9. The second kappa shape index (κ2) is 6.02. The SMILES string of the molecule is COCC1CCCN(C(=O)c2ccc(O)cc2F)C1. The van der Waals surface area contributed by atoms with E-state index in [0.717, 1.165) is 18.9 Å². The number of phenolic OH excluding ortho intramolecular Hbond substituents is 1. The lowest BCUT2D eigenvalue weighted by Crippen LogP contribution is -2.41. The van der Waals surface area contributed by atoms with Crippen molar-refractivity contribution >= 4 is 5.91 Å². The molecule has 1 N–H and O–H groups in total. The number of piperidine rings is 1. The Morgan fingerprint density at radius 3 is 3.05 bits per heavy atom. The molecule has 1 aromatic rings. The van der Waals surface area contributed by atoms with Crippen molar-refractivity contribution < 1.29 is 19.0 Å². The number of halogens is 1. The number of carbonyl (C=O) groups excluding carboxylic acids is 1. The van der Waals surface area contributed by atoms with Crippen LogP contribution in [0.25, 0.3) is 0 Å². The van der Waals surface area contributed by atoms with Crippen molar-refractivity contribution in [3.8, 4) is 5.75 Å². The van der Waals surface area contributed by atoms with Crippen LogP contribution in [0.3, 0.4) is 0 Å². The first-order valence-electron chi connectivity index (χ1n) is 6.38. The summed E-state index contributed by atoms with van der Waals surface area (Å²) in [6.45, 7) is 1.84. The van der Waals surface area contributed by atoms with Gasteiger partial charge < -0.3 is 14.7 Å². The van der Waals surface area contributed by atoms with Gasteiger partial charge in [-0.2, -0.15) is 0 Å². The number of likely N-dealkylation sites (tertiary alicyclic amines) is 1. The molecule has 1 aromatic carbocycles. The Hall–Kier alpha value is -1.62. The summed E-state index contributed by atoms with van der Waals surface area (Å²) in [5.41, 5.74) is 0.0101. The fourth-order valence-corrected chi connectivity index (χ4v) is 2.47. The molecule has 1 fully saturated rings. The predicted octanol–water partition coefficient (Wildman–Crippen LogP) is 2.03. The van der Waals surface area contributed by atoms with E-state index in [1.807, 2.05) is 0 Å². The molecule has 1 heterocycles. The van der Waals surface area contributed by atoms with E-state index >= 15 is 0 Å². The number of phenols is 1. The van der Waals surface area contributed by atoms with Crippen molar-refractivity contribution in [3.05, 3.63) is 29.6 Å². The van der Waals surface area contributed by atoms with Gasteiger partial charge in [-0.1, -0.05) is 0 Å². The Bertz CT molecular complexity index is 462. The highest BCUT2D eigenvalue weighted by molar-refractivity contribution is 5.94. The topological polar surface area (TPSA) is 49.8 Å². The van der Waals surface area contributed by atoms with Gasteiger partial charge in [-0.05, 0) is 30.9 Å². The van der Waals surface area contributed by atoms with Gasteiger partial charge in [0.1, 0.15) is 11.6 Å². The first-order valence-corrected chi connectivity index (χ1v) is 6.38. The minimum atomic E-state index is -0.682. The van der Waals surface area contributed by atoms with E-state index in [1.54, 1.807) is 12.0 Å². The van der Waals surface area contributed by atoms with E-state index in [9.17, 15) is 9.18 Å². The van der Waals surface area contributed by atoms with E-state index in [2.05, 4.69) is 0 Å². The predicted molar refractivity (Wildman–Crippen MR) is 68.6 cm³/mol. The third-order valence-corrected chi connectivity index (χ3v) is 3.39. The molecule has 2 rings (SSSR count). The Morgan fingerprint density at radius 2 is 2.37 bits per heavy atom. The fraction of sp³-hybridized carbons (Fsp3) is 0.500. The molecular formula is C14H18FNO3. The summed E-state index contributed by atoms with van der Waals surface area (Å²) < 4.78 is 18.8. The average molecular weight is 267 g/mol. The minimum Gasteiger partial charge on any atom is -0.508 e. The number of amides is 1. The van der Waals surface area contributed by atoms with Crippen LogP contribution in [0.2, 0.25) is 0 Å². The summed E-state index contributed by atoms with van der Waals surface area (Å²) in [7, 11) is 1.64. The van der Waals surface area contributed by atoms with Crippen LogP contribution in [0.5, 0.6) is 5.75 Å². The highest BCUT2D eigenvalue weighted by Gasteiger charge is 2.26. The number of hydrogen-bond acceptors (Lipinski definition) is 3. The normalized spacial score (nSPS) is 19.5. The van der Waals surface area contributed by atoms with E-state index in [1.165, 1.54) is 12.1 Å². The maximum Gasteiger partial charge on any atom is 0.256 e. The molecule has 1 amide bonds. The van der Waals surface area contributed by atoms with Crippen LogP contribution >= 0.6 is 0 Å². The van der Waals surface area contributed by atoms with E-state index in [-0.39, 0.29) is 17.2 Å². The summed E-state index contributed by atoms with van der Waals surface area (Å²) in [5.74, 6) is -0.870. The third kappa shape index (κ3) is 3.23. The molecule has 104 valence electrons. The number of hydrogen-bond donors (Lipinski definition) is 1. The van der Waals surface area contributed by atoms with Crippen LogP contribution in [0.4, 0.5) is 4.39 Å². The van der Waals surface area contributed by atoms with Crippen LogP contribution in [0.15, 0.2) is 18.2 Å². The smallest absolute Gasteiger partial charge is 0.256 e. The Kier molecular flexibility index (Phi) is 4.37. The Labute approximate surface area is 111 Å². The maximum atomic E-state index is 13.7. The van der Waals surface area contributed by atoms with Crippen LogP contribution in [0.1, 0.15) is 23.2 Å². The lowest BCUT2D eigenvalue weighted by atomic mass is 9.98. The first-order chi connectivity index (χ1) is 9.11. The molecule has 4 nitrogen and oxygen atoms in total. The summed E-state index contributed by atoms with van der Waals surface area (Å²) >= 11 is 0. The van der Waals surface area contributed by atoms with Crippen molar-refractivity contribution in [2.45, 2.75) is 12.8 Å². The largest absolute Gasteiger partial charge is 0.508 e. The van der Waals surface area contributed by atoms with Gasteiger partial charge in [0, 0.05) is 26.3 Å². The van der Waals surface area contributed by atoms with Gasteiger partial charge in [0.25, 0.3) is 5.91 Å². The van der Waals surface area contributed by atoms with E-state index in [0.29, 0.717) is 25.6 Å². The van der Waals surface area contributed by atoms with Gasteiger partial charge in [-0.3, -0.25) is 4.79 Å². The summed E-state index contributed by atoms with van der Waals surface area (Å²) in [6.07, 6.45) is 1.93. The van der Waals surface area contributed by atoms with Crippen LogP contribution in [-0.2, 0) is 4.74 Å². The molecule has 19 heavy (non-hydrogen) atoms. The van der Waals surface area contributed by atoms with Crippen molar-refractivity contribution in [1.29, 1.82) is 0 Å². The number of carbonyl (C=O) groups is 1. The van der Waals surface area contributed by atoms with Crippen molar-refractivity contribution in [2.24, 2.45) is 5.92 Å². The zero-order valence-corrected chi connectivity index (χ0v) is 10.9. The number of benzene rings is 1. The lowest BCUT2D eigenvalue weighted by Gasteiger charge is -2.32. The molecule has 5 heteroatoms. The van der Waals surface area contributed by atoms with Gasteiger partial charge in [0.15, 0.2) is 0 Å². The molecule has 0 bridgehead atoms. The molecule has 1 aliphatic heterocycles. The van der Waals surface area contributed by atoms with Gasteiger partial charge in [-0.15, -0.1) is 0 Å². The molecular weight excluding hydrogens is 249 g/mol. The fourth-order valence-electron chi connectivity index (χ4n) is 2.47. The van der Waals surface area contributed by atoms with Gasteiger partial charge >= 0.3 is 0 Å². The highest BCUT2D eigenvalue weighted by atomic mass is 19.1. The van der Waals surface area contributed by atoms with Gasteiger partial charge in [0.05, 0.1) is 12.2 Å². The van der Waals surface area contributed by atoms with Gasteiger partial charge in [0.2, 0.25) is 0 Å². The van der Waals surface area contributed by atoms with Gasteiger partial charge in [-0.25, -0.2) is 4.39 Å². The quantitative estimate of drug-likeness (QED) is 0.911. The van der Waals surface area contributed by atoms with E-state index in [4.69, 9.17) is 9.84 Å². The molecule has 1 atom stereocenters. The van der Waals surface area contributed by atoms with Crippen molar-refractivity contribution in [1.82, 2.24) is 4.90 Å². The number of rotatable bonds is 3. The second-order valence-electron chi connectivity index (χ2n) is 4.88. The summed E-state index contributed by atoms with van der Waals surface area (Å²) in [5, 5.41) is 9.16. The highest BCUT2D eigenvalue weighted by Crippen LogP contribution is 2.21. The molecule has 1 aliphatic rings. The molecule has 1 unspecified atom stereocenters. The minimum absolute atomic E-state index is 0.0101. The monoisotopic (exact) mass is 267 g/mol. The van der Waals surface area contributed by atoms with Crippen LogP contribution < -0.4 is 0 Å². The molecule has 0 saturated carbocycles. The second-order valence-corrected chi connectivity index (χ2v) is 4.88. The van der Waals surface area contributed by atoms with Crippen LogP contribution in [0, 0.1) is 11.7 Å². The summed E-state index contributed by atoms with van der Waals surface area (Å²) in [6, 6.07) is 3.61. The maximum absolute atomic E-state index is 13.7. The van der Waals surface area contributed by atoms with Crippen molar-refractivity contribution in [2.75, 3.05) is 26.8 Å². The summed E-state index contributed by atoms with van der Waals surface area (Å²) in [4.78, 5) is 13.9. The first kappa shape index (κ1) is 13.8. The molecule has 0 spiro atoms. The van der Waals surface area contributed by atoms with Crippen molar-refractivity contribution in [3.63, 3.8) is 0 Å². The molecule has 1 saturated heterocycles. The zero-order chi connectivity index (χ0) is 13.8. The standard InChI is InChI=1S/C14H18FNO3/c1-19-9-10-3-2-6-16(8-10)14(18)12-5-4-11(17)7-13(12)15/h4-5,7,10,17H,2-3,6,8-9H2,1H3. The average Bonchev–Trinajstić information content (AvgIpc) is 2.39. The number of methoxy groups -OCH3 is 1. The lowest BCUT2D eigenvalue weighted by molar-refractivity contribution is 0.0567. The molecule has 0 aliphatic carbocycles. The Morgan fingerprint density at radius 1 is 1.58 bits per heavy atom. The van der Waals surface area contributed by atoms with E-state index < -0.39 is 5.82 Å².